The normalized spacial score (nSPS) is 9.83. The fraction of sp³-hybridized carbons (Fsp3) is 0.222. The van der Waals surface area contributed by atoms with Gasteiger partial charge in [0.05, 0.1) is 0 Å². The highest BCUT2D eigenvalue weighted by atomic mass is 127. The Labute approximate surface area is 85.9 Å². The average molecular weight is 275 g/mol. The van der Waals surface area contributed by atoms with E-state index < -0.39 is 0 Å². The summed E-state index contributed by atoms with van der Waals surface area (Å²) in [5.74, 6) is 0.115. The number of carbonyl (C=O) groups is 1. The summed E-state index contributed by atoms with van der Waals surface area (Å²) in [5.41, 5.74) is 1.96. The summed E-state index contributed by atoms with van der Waals surface area (Å²) in [5, 5.41) is 0. The lowest BCUT2D eigenvalue weighted by atomic mass is 10.1. The minimum absolute atomic E-state index is 0.115. The van der Waals surface area contributed by atoms with Crippen LogP contribution in [0.5, 0.6) is 0 Å². The van der Waals surface area contributed by atoms with Gasteiger partial charge in [0.2, 0.25) is 0 Å². The number of ketones is 1. The number of hydrogen-bond donors (Lipinski definition) is 1. The Hall–Kier alpha value is -0.420. The molecule has 0 heterocycles. The van der Waals surface area contributed by atoms with Crippen LogP contribution >= 0.6 is 22.9 Å². The highest BCUT2D eigenvalue weighted by molar-refractivity contribution is 14.1. The topological polar surface area (TPSA) is 29.1 Å². The van der Waals surface area contributed by atoms with Crippen molar-refractivity contribution in [3.05, 3.63) is 35.4 Å². The maximum Gasteiger partial charge on any atom is 0.159 e. The predicted octanol–water partition coefficient (Wildman–Crippen LogP) is 2.33. The van der Waals surface area contributed by atoms with Crippen molar-refractivity contribution in [1.82, 2.24) is 3.53 Å². The molecule has 0 saturated heterocycles. The molecule has 0 fully saturated rings. The molecule has 12 heavy (non-hydrogen) atoms. The SMILES string of the molecule is CC(=O)c1ccc(CNI)cc1. The molecule has 0 atom stereocenters. The van der Waals surface area contributed by atoms with E-state index in [-0.39, 0.29) is 5.78 Å². The molecule has 0 bridgehead atoms. The molecule has 0 aliphatic carbocycles. The number of halogens is 1. The van der Waals surface area contributed by atoms with Gasteiger partial charge in [-0.1, -0.05) is 24.3 Å². The molecule has 0 spiro atoms. The Morgan fingerprint density at radius 2 is 2.00 bits per heavy atom. The maximum absolute atomic E-state index is 10.9. The van der Waals surface area contributed by atoms with Gasteiger partial charge in [-0.25, -0.2) is 0 Å². The third-order valence-corrected chi connectivity index (χ3v) is 2.01. The molecule has 0 radical (unpaired) electrons. The lowest BCUT2D eigenvalue weighted by molar-refractivity contribution is 0.101. The molecule has 0 saturated carbocycles. The molecule has 0 amide bonds. The Balaban J connectivity index is 2.78. The van der Waals surface area contributed by atoms with Crippen LogP contribution in [0, 0.1) is 0 Å². The van der Waals surface area contributed by atoms with Gasteiger partial charge < -0.3 is 0 Å². The summed E-state index contributed by atoms with van der Waals surface area (Å²) in [7, 11) is 0. The Bertz CT molecular complexity index is 268. The fourth-order valence-corrected chi connectivity index (χ4v) is 1.37. The zero-order valence-electron chi connectivity index (χ0n) is 6.80. The first-order valence-corrected chi connectivity index (χ1v) is 4.75. The second-order valence-corrected chi connectivity index (χ2v) is 3.33. The van der Waals surface area contributed by atoms with Gasteiger partial charge in [0.15, 0.2) is 5.78 Å². The van der Waals surface area contributed by atoms with E-state index in [1.807, 2.05) is 24.3 Å². The molecule has 0 aliphatic rings. The monoisotopic (exact) mass is 275 g/mol. The number of hydrogen-bond acceptors (Lipinski definition) is 2. The van der Waals surface area contributed by atoms with Crippen molar-refractivity contribution in [2.45, 2.75) is 13.5 Å². The minimum atomic E-state index is 0.115. The maximum atomic E-state index is 10.9. The summed E-state index contributed by atoms with van der Waals surface area (Å²) >= 11 is 2.10. The first-order valence-electron chi connectivity index (χ1n) is 3.67. The second kappa shape index (κ2) is 4.57. The number of nitrogens with one attached hydrogen (secondary N) is 1. The van der Waals surface area contributed by atoms with Crippen LogP contribution in [0.15, 0.2) is 24.3 Å². The molecule has 0 unspecified atom stereocenters. The van der Waals surface area contributed by atoms with Gasteiger partial charge in [-0.2, -0.15) is 0 Å². The van der Waals surface area contributed by atoms with Crippen LogP contribution in [0.4, 0.5) is 0 Å². The van der Waals surface area contributed by atoms with E-state index >= 15 is 0 Å². The first-order chi connectivity index (χ1) is 5.74. The van der Waals surface area contributed by atoms with E-state index in [2.05, 4.69) is 26.4 Å². The zero-order valence-corrected chi connectivity index (χ0v) is 8.96. The van der Waals surface area contributed by atoms with Gasteiger partial charge in [-0.15, -0.1) is 0 Å². The Morgan fingerprint density at radius 3 is 2.42 bits per heavy atom. The summed E-state index contributed by atoms with van der Waals surface area (Å²) < 4.78 is 3.02. The zero-order chi connectivity index (χ0) is 8.97. The predicted molar refractivity (Wildman–Crippen MR) is 57.3 cm³/mol. The third kappa shape index (κ3) is 2.57. The average Bonchev–Trinajstić information content (AvgIpc) is 2.06. The van der Waals surface area contributed by atoms with Gasteiger partial charge in [-0.05, 0) is 12.5 Å². The van der Waals surface area contributed by atoms with Crippen molar-refractivity contribution in [3.63, 3.8) is 0 Å². The molecule has 0 aromatic heterocycles. The van der Waals surface area contributed by atoms with E-state index in [0.29, 0.717) is 0 Å². The largest absolute Gasteiger partial charge is 0.295 e. The van der Waals surface area contributed by atoms with Crippen molar-refractivity contribution < 1.29 is 4.79 Å². The molecule has 64 valence electrons. The Kier molecular flexibility index (Phi) is 3.68. The van der Waals surface area contributed by atoms with Crippen LogP contribution in [-0.4, -0.2) is 5.78 Å². The molecule has 3 heteroatoms. The highest BCUT2D eigenvalue weighted by Crippen LogP contribution is 2.05. The van der Waals surface area contributed by atoms with Crippen LogP contribution in [0.1, 0.15) is 22.8 Å². The number of Topliss-reactive ketones (excluding diaryl/α,β-unsaturated/α-hetero) is 1. The van der Waals surface area contributed by atoms with Crippen molar-refractivity contribution in [1.29, 1.82) is 0 Å². The Morgan fingerprint density at radius 1 is 1.42 bits per heavy atom. The molecule has 0 aliphatic heterocycles. The van der Waals surface area contributed by atoms with Crippen LogP contribution in [0.25, 0.3) is 0 Å². The molecular weight excluding hydrogens is 265 g/mol. The number of carbonyl (C=O) groups excluding carboxylic acids is 1. The quantitative estimate of drug-likeness (QED) is 0.521. The number of rotatable bonds is 3. The molecule has 1 rings (SSSR count). The van der Waals surface area contributed by atoms with E-state index in [1.165, 1.54) is 5.56 Å². The van der Waals surface area contributed by atoms with Crippen molar-refractivity contribution in [2.75, 3.05) is 0 Å². The lowest BCUT2D eigenvalue weighted by Crippen LogP contribution is -1.98. The van der Waals surface area contributed by atoms with Crippen molar-refractivity contribution in [3.8, 4) is 0 Å². The van der Waals surface area contributed by atoms with Crippen LogP contribution in [0.2, 0.25) is 0 Å². The van der Waals surface area contributed by atoms with Crippen molar-refractivity contribution in [2.24, 2.45) is 0 Å². The van der Waals surface area contributed by atoms with Crippen molar-refractivity contribution >= 4 is 28.6 Å². The van der Waals surface area contributed by atoms with Gasteiger partial charge in [0, 0.05) is 35.0 Å². The smallest absolute Gasteiger partial charge is 0.159 e. The lowest BCUT2D eigenvalue weighted by Gasteiger charge is -1.99. The second-order valence-electron chi connectivity index (χ2n) is 2.56. The van der Waals surface area contributed by atoms with E-state index in [1.54, 1.807) is 6.92 Å². The minimum Gasteiger partial charge on any atom is -0.295 e. The highest BCUT2D eigenvalue weighted by Gasteiger charge is 1.97. The molecule has 1 N–H and O–H groups in total. The standard InChI is InChI=1S/C9H10INO/c1-7(12)9-4-2-8(3-5-9)6-11-10/h2-5,11H,6H2,1H3. The summed E-state index contributed by atoms with van der Waals surface area (Å²) in [6.07, 6.45) is 0. The van der Waals surface area contributed by atoms with E-state index in [0.717, 1.165) is 12.1 Å². The van der Waals surface area contributed by atoms with Gasteiger partial charge in [-0.3, -0.25) is 8.32 Å². The molecular formula is C9H10INO. The van der Waals surface area contributed by atoms with Gasteiger partial charge >= 0.3 is 0 Å². The molecule has 1 aromatic rings. The summed E-state index contributed by atoms with van der Waals surface area (Å²) in [6, 6.07) is 7.63. The van der Waals surface area contributed by atoms with Crippen LogP contribution in [-0.2, 0) is 6.54 Å². The molecule has 1 aromatic carbocycles. The fourth-order valence-electron chi connectivity index (χ4n) is 0.934. The number of benzene rings is 1. The van der Waals surface area contributed by atoms with Gasteiger partial charge in [0.1, 0.15) is 0 Å². The van der Waals surface area contributed by atoms with Crippen LogP contribution in [0.3, 0.4) is 0 Å². The van der Waals surface area contributed by atoms with Crippen LogP contribution < -0.4 is 3.53 Å². The summed E-state index contributed by atoms with van der Waals surface area (Å²) in [6.45, 7) is 2.41. The first kappa shape index (κ1) is 9.67. The third-order valence-electron chi connectivity index (χ3n) is 1.63. The van der Waals surface area contributed by atoms with E-state index in [9.17, 15) is 4.79 Å². The summed E-state index contributed by atoms with van der Waals surface area (Å²) in [4.78, 5) is 10.9. The van der Waals surface area contributed by atoms with Gasteiger partial charge in [0.25, 0.3) is 0 Å². The molecule has 2 nitrogen and oxygen atoms in total. The van der Waals surface area contributed by atoms with E-state index in [4.69, 9.17) is 0 Å².